The number of nitrogens with zero attached hydrogens (tertiary/aromatic N) is 4. The number of hydrogen-bond donors (Lipinski definition) is 1. The standard InChI is InChI=1S/C13H18N4O/c1-2-16-7-3-5-10(16)9-12-14-15-13-11(18)6-4-8-17(12)13/h4,6,8,10,18H,2-3,5,7,9H2,1H3. The van der Waals surface area contributed by atoms with Crippen molar-refractivity contribution in [2.24, 2.45) is 0 Å². The Bertz CT molecular complexity index is 551. The van der Waals surface area contributed by atoms with Gasteiger partial charge in [-0.1, -0.05) is 6.92 Å². The highest BCUT2D eigenvalue weighted by Gasteiger charge is 2.25. The first kappa shape index (κ1) is 11.5. The Kier molecular flexibility index (Phi) is 2.91. The summed E-state index contributed by atoms with van der Waals surface area (Å²) in [7, 11) is 0. The smallest absolute Gasteiger partial charge is 0.203 e. The Balaban J connectivity index is 1.89. The van der Waals surface area contributed by atoms with Crippen molar-refractivity contribution in [2.45, 2.75) is 32.2 Å². The van der Waals surface area contributed by atoms with Crippen LogP contribution in [0.4, 0.5) is 0 Å². The molecule has 1 N–H and O–H groups in total. The predicted molar refractivity (Wildman–Crippen MR) is 68.6 cm³/mol. The van der Waals surface area contributed by atoms with E-state index in [-0.39, 0.29) is 5.75 Å². The fraction of sp³-hybridized carbons (Fsp3) is 0.538. The lowest BCUT2D eigenvalue weighted by Crippen LogP contribution is -2.31. The van der Waals surface area contributed by atoms with Crippen molar-refractivity contribution >= 4 is 5.65 Å². The van der Waals surface area contributed by atoms with E-state index in [1.54, 1.807) is 6.07 Å². The van der Waals surface area contributed by atoms with Crippen LogP contribution < -0.4 is 0 Å². The first-order valence-corrected chi connectivity index (χ1v) is 6.55. The van der Waals surface area contributed by atoms with Gasteiger partial charge in [-0.3, -0.25) is 4.40 Å². The number of likely N-dealkylation sites (N-methyl/N-ethyl adjacent to an activating group) is 1. The largest absolute Gasteiger partial charge is 0.504 e. The Morgan fingerprint density at radius 1 is 1.44 bits per heavy atom. The minimum absolute atomic E-state index is 0.190. The minimum Gasteiger partial charge on any atom is -0.504 e. The Labute approximate surface area is 106 Å². The molecule has 96 valence electrons. The summed E-state index contributed by atoms with van der Waals surface area (Å²) < 4.78 is 1.89. The highest BCUT2D eigenvalue weighted by Crippen LogP contribution is 2.22. The molecule has 1 atom stereocenters. The van der Waals surface area contributed by atoms with Crippen LogP contribution in [0.2, 0.25) is 0 Å². The fourth-order valence-corrected chi connectivity index (χ4v) is 2.84. The topological polar surface area (TPSA) is 53.7 Å². The molecule has 0 spiro atoms. The molecular formula is C13H18N4O. The van der Waals surface area contributed by atoms with Crippen molar-refractivity contribution in [3.63, 3.8) is 0 Å². The Morgan fingerprint density at radius 2 is 2.33 bits per heavy atom. The number of likely N-dealkylation sites (tertiary alicyclic amines) is 1. The molecule has 0 aromatic carbocycles. The van der Waals surface area contributed by atoms with Gasteiger partial charge in [0.2, 0.25) is 5.65 Å². The van der Waals surface area contributed by atoms with Crippen LogP contribution in [0.1, 0.15) is 25.6 Å². The van der Waals surface area contributed by atoms with Crippen LogP contribution in [0, 0.1) is 0 Å². The van der Waals surface area contributed by atoms with Crippen LogP contribution >= 0.6 is 0 Å². The maximum atomic E-state index is 9.71. The van der Waals surface area contributed by atoms with E-state index in [0.29, 0.717) is 11.7 Å². The van der Waals surface area contributed by atoms with Crippen molar-refractivity contribution in [3.8, 4) is 5.75 Å². The van der Waals surface area contributed by atoms with Crippen LogP contribution in [0.25, 0.3) is 5.65 Å². The summed E-state index contributed by atoms with van der Waals surface area (Å²) in [4.78, 5) is 2.49. The first-order valence-electron chi connectivity index (χ1n) is 6.55. The lowest BCUT2D eigenvalue weighted by molar-refractivity contribution is 0.263. The van der Waals surface area contributed by atoms with Crippen molar-refractivity contribution in [2.75, 3.05) is 13.1 Å². The molecule has 2 aromatic heterocycles. The van der Waals surface area contributed by atoms with Crippen molar-refractivity contribution in [1.29, 1.82) is 0 Å². The molecule has 2 aromatic rings. The van der Waals surface area contributed by atoms with E-state index < -0.39 is 0 Å². The molecule has 3 heterocycles. The van der Waals surface area contributed by atoms with E-state index >= 15 is 0 Å². The van der Waals surface area contributed by atoms with E-state index in [2.05, 4.69) is 22.0 Å². The highest BCUT2D eigenvalue weighted by molar-refractivity contribution is 5.51. The molecular weight excluding hydrogens is 228 g/mol. The van der Waals surface area contributed by atoms with Gasteiger partial charge in [0, 0.05) is 18.7 Å². The second kappa shape index (κ2) is 4.57. The molecule has 1 unspecified atom stereocenters. The van der Waals surface area contributed by atoms with Gasteiger partial charge in [-0.05, 0) is 38.1 Å². The van der Waals surface area contributed by atoms with Crippen LogP contribution in [0.3, 0.4) is 0 Å². The Morgan fingerprint density at radius 3 is 3.17 bits per heavy atom. The first-order chi connectivity index (χ1) is 8.79. The molecule has 0 radical (unpaired) electrons. The van der Waals surface area contributed by atoms with Gasteiger partial charge in [0.15, 0.2) is 5.75 Å². The van der Waals surface area contributed by atoms with Crippen molar-refractivity contribution < 1.29 is 5.11 Å². The summed E-state index contributed by atoms with van der Waals surface area (Å²) in [6, 6.07) is 4.02. The third-order valence-electron chi connectivity index (χ3n) is 3.81. The molecule has 0 amide bonds. The maximum absolute atomic E-state index is 9.71. The van der Waals surface area contributed by atoms with Crippen LogP contribution in [-0.4, -0.2) is 43.7 Å². The molecule has 3 rings (SSSR count). The second-order valence-corrected chi connectivity index (χ2v) is 4.83. The van der Waals surface area contributed by atoms with Crippen LogP contribution in [-0.2, 0) is 6.42 Å². The van der Waals surface area contributed by atoms with E-state index in [0.717, 1.165) is 18.8 Å². The average Bonchev–Trinajstić information content (AvgIpc) is 2.98. The van der Waals surface area contributed by atoms with Gasteiger partial charge in [0.05, 0.1) is 0 Å². The second-order valence-electron chi connectivity index (χ2n) is 4.83. The van der Waals surface area contributed by atoms with Crippen LogP contribution in [0.15, 0.2) is 18.3 Å². The fourth-order valence-electron chi connectivity index (χ4n) is 2.84. The lowest BCUT2D eigenvalue weighted by atomic mass is 10.1. The number of aromatic nitrogens is 3. The predicted octanol–water partition coefficient (Wildman–Crippen LogP) is 1.46. The summed E-state index contributed by atoms with van der Waals surface area (Å²) in [5.74, 6) is 1.13. The van der Waals surface area contributed by atoms with Crippen molar-refractivity contribution in [3.05, 3.63) is 24.2 Å². The third kappa shape index (κ3) is 1.84. The molecule has 5 heteroatoms. The zero-order chi connectivity index (χ0) is 12.5. The van der Waals surface area contributed by atoms with E-state index in [4.69, 9.17) is 0 Å². The Hall–Kier alpha value is -1.62. The SMILES string of the molecule is CCN1CCCC1Cc1nnc2c(O)cccn12. The van der Waals surface area contributed by atoms with E-state index in [9.17, 15) is 5.11 Å². The number of hydrogen-bond acceptors (Lipinski definition) is 4. The monoisotopic (exact) mass is 246 g/mol. The zero-order valence-electron chi connectivity index (χ0n) is 10.6. The zero-order valence-corrected chi connectivity index (χ0v) is 10.6. The van der Waals surface area contributed by atoms with E-state index in [1.165, 1.54) is 19.4 Å². The molecule has 0 aliphatic carbocycles. The molecule has 1 saturated heterocycles. The third-order valence-corrected chi connectivity index (χ3v) is 3.81. The van der Waals surface area contributed by atoms with Gasteiger partial charge in [0.25, 0.3) is 0 Å². The molecule has 1 aliphatic heterocycles. The quantitative estimate of drug-likeness (QED) is 0.891. The van der Waals surface area contributed by atoms with Gasteiger partial charge in [-0.15, -0.1) is 10.2 Å². The molecule has 18 heavy (non-hydrogen) atoms. The van der Waals surface area contributed by atoms with E-state index in [1.807, 2.05) is 16.7 Å². The number of fused-ring (bicyclic) bond motifs is 1. The van der Waals surface area contributed by atoms with Gasteiger partial charge in [0.1, 0.15) is 5.82 Å². The molecule has 1 aliphatic rings. The molecule has 0 saturated carbocycles. The number of pyridine rings is 1. The number of aromatic hydroxyl groups is 1. The molecule has 0 bridgehead atoms. The van der Waals surface area contributed by atoms with Gasteiger partial charge in [-0.2, -0.15) is 0 Å². The summed E-state index contributed by atoms with van der Waals surface area (Å²) in [6.45, 7) is 4.47. The normalized spacial score (nSPS) is 20.8. The molecule has 1 fully saturated rings. The van der Waals surface area contributed by atoms with Gasteiger partial charge in [-0.25, -0.2) is 0 Å². The summed E-state index contributed by atoms with van der Waals surface area (Å²) >= 11 is 0. The average molecular weight is 246 g/mol. The summed E-state index contributed by atoms with van der Waals surface area (Å²) in [5.41, 5.74) is 0.550. The van der Waals surface area contributed by atoms with Gasteiger partial charge < -0.3 is 10.0 Å². The molecule has 5 nitrogen and oxygen atoms in total. The minimum atomic E-state index is 0.190. The lowest BCUT2D eigenvalue weighted by Gasteiger charge is -2.21. The van der Waals surface area contributed by atoms with Gasteiger partial charge >= 0.3 is 0 Å². The summed E-state index contributed by atoms with van der Waals surface area (Å²) in [5, 5.41) is 18.0. The van der Waals surface area contributed by atoms with Crippen molar-refractivity contribution in [1.82, 2.24) is 19.5 Å². The maximum Gasteiger partial charge on any atom is 0.203 e. The summed E-state index contributed by atoms with van der Waals surface area (Å²) in [6.07, 6.45) is 5.30. The highest BCUT2D eigenvalue weighted by atomic mass is 16.3. The number of rotatable bonds is 3. The van der Waals surface area contributed by atoms with Crippen LogP contribution in [0.5, 0.6) is 5.75 Å².